The quantitative estimate of drug-likeness (QED) is 0.504. The van der Waals surface area contributed by atoms with Crippen LogP contribution in [0.25, 0.3) is 11.0 Å². The number of halogens is 1. The van der Waals surface area contributed by atoms with E-state index >= 15 is 0 Å². The Morgan fingerprint density at radius 2 is 1.84 bits per heavy atom. The van der Waals surface area contributed by atoms with Crippen molar-refractivity contribution in [3.63, 3.8) is 0 Å². The van der Waals surface area contributed by atoms with Crippen molar-refractivity contribution in [2.75, 3.05) is 42.9 Å². The minimum Gasteiger partial charge on any atom is -0.369 e. The van der Waals surface area contributed by atoms with Crippen molar-refractivity contribution < 1.29 is 4.39 Å². The molecule has 0 radical (unpaired) electrons. The number of aromatic nitrogens is 2. The number of likely N-dealkylation sites (N-methyl/N-ethyl adjacent to an activating group) is 1. The minimum atomic E-state index is -1.41. The Hall–Kier alpha value is -3.43. The van der Waals surface area contributed by atoms with Crippen LogP contribution < -0.4 is 21.3 Å². The van der Waals surface area contributed by atoms with Crippen molar-refractivity contribution in [1.82, 2.24) is 20.2 Å². The molecule has 2 aliphatic heterocycles. The molecule has 9 heteroatoms. The third kappa shape index (κ3) is 3.92. The molecule has 2 aliphatic rings. The second kappa shape index (κ2) is 8.25. The normalized spacial score (nSPS) is 21.8. The van der Waals surface area contributed by atoms with Crippen LogP contribution in [0.4, 0.5) is 15.8 Å². The van der Waals surface area contributed by atoms with Gasteiger partial charge in [-0.3, -0.25) is 5.73 Å². The number of nitrogens with two attached hydrogens (primary N) is 1. The molecule has 1 atom stereocenters. The van der Waals surface area contributed by atoms with Gasteiger partial charge in [0, 0.05) is 43.8 Å². The second-order valence-corrected chi connectivity index (χ2v) is 8.06. The summed E-state index contributed by atoms with van der Waals surface area (Å²) in [6.45, 7) is 7.42. The predicted molar refractivity (Wildman–Crippen MR) is 126 cm³/mol. The van der Waals surface area contributed by atoms with Gasteiger partial charge in [0.25, 0.3) is 0 Å². The summed E-state index contributed by atoms with van der Waals surface area (Å²) in [6, 6.07) is 15.5. The number of benzene rings is 2. The highest BCUT2D eigenvalue weighted by molar-refractivity contribution is 6.07. The highest BCUT2D eigenvalue weighted by atomic mass is 19.1. The number of H-pyrrole nitrogens is 1. The molecule has 0 bridgehead atoms. The molecule has 1 fully saturated rings. The first-order valence-electron chi connectivity index (χ1n) is 10.9. The number of imidazole rings is 1. The third-order valence-electron chi connectivity index (χ3n) is 6.00. The average Bonchev–Trinajstić information content (AvgIpc) is 3.28. The van der Waals surface area contributed by atoms with Crippen LogP contribution >= 0.6 is 0 Å². The minimum absolute atomic E-state index is 0.0519. The monoisotopic (exact) mass is 434 g/mol. The molecule has 0 amide bonds. The molecule has 5 N–H and O–H groups in total. The number of hydrogen-bond donors (Lipinski definition) is 4. The van der Waals surface area contributed by atoms with Gasteiger partial charge >= 0.3 is 0 Å². The van der Waals surface area contributed by atoms with Crippen molar-refractivity contribution in [1.29, 1.82) is 0 Å². The summed E-state index contributed by atoms with van der Waals surface area (Å²) >= 11 is 0. The van der Waals surface area contributed by atoms with Crippen molar-refractivity contribution in [2.45, 2.75) is 12.7 Å². The number of aliphatic imine (C=N–C) groups is 1. The van der Waals surface area contributed by atoms with Crippen LogP contribution in [0.2, 0.25) is 0 Å². The molecule has 8 nitrogen and oxygen atoms in total. The van der Waals surface area contributed by atoms with Gasteiger partial charge in [-0.1, -0.05) is 19.1 Å². The summed E-state index contributed by atoms with van der Waals surface area (Å²) in [7, 11) is 0. The Labute approximate surface area is 186 Å². The molecule has 1 unspecified atom stereocenters. The number of aromatic amines is 1. The topological polar surface area (TPSA) is 97.6 Å². The highest BCUT2D eigenvalue weighted by Crippen LogP contribution is 2.25. The van der Waals surface area contributed by atoms with Crippen LogP contribution in [0, 0.1) is 0 Å². The Morgan fingerprint density at radius 1 is 1.09 bits per heavy atom. The van der Waals surface area contributed by atoms with E-state index in [0.29, 0.717) is 5.82 Å². The SMILES string of the molecule is CCN1CCN(c2ccc(NC3=NC(N)(c4nc5ccccc5[nH]4)NC=C3F)cc2)CC1. The van der Waals surface area contributed by atoms with Gasteiger partial charge in [-0.25, -0.2) is 14.4 Å². The third-order valence-corrected chi connectivity index (χ3v) is 6.00. The van der Waals surface area contributed by atoms with Gasteiger partial charge in [0.05, 0.1) is 11.0 Å². The van der Waals surface area contributed by atoms with Crippen molar-refractivity contribution >= 4 is 28.2 Å². The first kappa shape index (κ1) is 20.5. The molecule has 0 saturated carbocycles. The lowest BCUT2D eigenvalue weighted by Gasteiger charge is -2.35. The number of fused-ring (bicyclic) bond motifs is 1. The van der Waals surface area contributed by atoms with Crippen LogP contribution in [0.1, 0.15) is 12.7 Å². The largest absolute Gasteiger partial charge is 0.369 e. The van der Waals surface area contributed by atoms with Gasteiger partial charge in [-0.05, 0) is 42.9 Å². The number of hydrogen-bond acceptors (Lipinski definition) is 7. The van der Waals surface area contributed by atoms with Crippen LogP contribution in [0.3, 0.4) is 0 Å². The molecule has 3 aromatic rings. The van der Waals surface area contributed by atoms with E-state index in [9.17, 15) is 4.39 Å². The lowest BCUT2D eigenvalue weighted by Crippen LogP contribution is -2.50. The van der Waals surface area contributed by atoms with E-state index in [1.807, 2.05) is 48.5 Å². The maximum absolute atomic E-state index is 14.5. The van der Waals surface area contributed by atoms with Gasteiger partial charge < -0.3 is 25.4 Å². The molecule has 3 heterocycles. The number of nitrogens with zero attached hydrogens (tertiary/aromatic N) is 4. The molecular weight excluding hydrogens is 407 g/mol. The molecule has 32 heavy (non-hydrogen) atoms. The van der Waals surface area contributed by atoms with Gasteiger partial charge in [-0.15, -0.1) is 0 Å². The lowest BCUT2D eigenvalue weighted by atomic mass is 10.2. The zero-order chi connectivity index (χ0) is 22.1. The Kier molecular flexibility index (Phi) is 5.28. The van der Waals surface area contributed by atoms with Crippen LogP contribution in [-0.2, 0) is 5.79 Å². The van der Waals surface area contributed by atoms with E-state index in [0.717, 1.165) is 55.1 Å². The summed E-state index contributed by atoms with van der Waals surface area (Å²) < 4.78 is 14.5. The number of nitrogens with one attached hydrogen (secondary N) is 3. The van der Waals surface area contributed by atoms with E-state index < -0.39 is 11.6 Å². The van der Waals surface area contributed by atoms with Gasteiger partial charge in [0.15, 0.2) is 17.5 Å². The highest BCUT2D eigenvalue weighted by Gasteiger charge is 2.34. The van der Waals surface area contributed by atoms with E-state index in [1.165, 1.54) is 6.20 Å². The number of anilines is 2. The maximum atomic E-state index is 14.5. The second-order valence-electron chi connectivity index (χ2n) is 8.06. The molecule has 166 valence electrons. The maximum Gasteiger partial charge on any atom is 0.244 e. The van der Waals surface area contributed by atoms with Crippen LogP contribution in [0.15, 0.2) is 65.6 Å². The molecule has 2 aromatic carbocycles. The van der Waals surface area contributed by atoms with Crippen molar-refractivity contribution in [3.05, 3.63) is 66.4 Å². The van der Waals surface area contributed by atoms with E-state index in [4.69, 9.17) is 5.73 Å². The summed E-state index contributed by atoms with van der Waals surface area (Å²) in [4.78, 5) is 16.9. The number of rotatable bonds is 4. The first-order chi connectivity index (χ1) is 15.5. The summed E-state index contributed by atoms with van der Waals surface area (Å²) in [5, 5.41) is 5.86. The van der Waals surface area contributed by atoms with Gasteiger partial charge in [0.2, 0.25) is 5.79 Å². The number of amidine groups is 1. The summed E-state index contributed by atoms with van der Waals surface area (Å²) in [5.74, 6) is -1.48. The van der Waals surface area contributed by atoms with Gasteiger partial charge in [0.1, 0.15) is 0 Å². The number of piperazine rings is 1. The Bertz CT molecular complexity index is 1130. The molecule has 1 aromatic heterocycles. The Balaban J connectivity index is 1.33. The van der Waals surface area contributed by atoms with Crippen LogP contribution in [-0.4, -0.2) is 53.4 Å². The zero-order valence-corrected chi connectivity index (χ0v) is 18.0. The fourth-order valence-electron chi connectivity index (χ4n) is 4.06. The lowest BCUT2D eigenvalue weighted by molar-refractivity contribution is 0.271. The number of para-hydroxylation sites is 2. The smallest absolute Gasteiger partial charge is 0.244 e. The fourth-order valence-corrected chi connectivity index (χ4v) is 4.06. The first-order valence-corrected chi connectivity index (χ1v) is 10.9. The molecule has 0 aliphatic carbocycles. The molecule has 5 rings (SSSR count). The Morgan fingerprint density at radius 3 is 2.56 bits per heavy atom. The fraction of sp³-hybridized carbons (Fsp3) is 0.304. The summed E-state index contributed by atoms with van der Waals surface area (Å²) in [6.07, 6.45) is 1.21. The van der Waals surface area contributed by atoms with E-state index in [1.54, 1.807) is 0 Å². The van der Waals surface area contributed by atoms with Gasteiger partial charge in [-0.2, -0.15) is 0 Å². The standard InChI is InChI=1S/C23H27FN8/c1-2-31-11-13-32(14-12-31)17-9-7-16(8-10-17)27-21-18(24)15-26-23(25,30-21)22-28-19-5-3-4-6-20(19)29-22/h3-10,15,26H,2,11-14,25H2,1H3,(H,27,30)(H,28,29). The summed E-state index contributed by atoms with van der Waals surface area (Å²) in [5.41, 5.74) is 9.94. The molecular formula is C23H27FN8. The van der Waals surface area contributed by atoms with E-state index in [2.05, 4.69) is 42.3 Å². The zero-order valence-electron chi connectivity index (χ0n) is 18.0. The molecule has 1 saturated heterocycles. The van der Waals surface area contributed by atoms with Crippen LogP contribution in [0.5, 0.6) is 0 Å². The average molecular weight is 435 g/mol. The van der Waals surface area contributed by atoms with Crippen molar-refractivity contribution in [2.24, 2.45) is 10.7 Å². The van der Waals surface area contributed by atoms with E-state index in [-0.39, 0.29) is 5.84 Å². The predicted octanol–water partition coefficient (Wildman–Crippen LogP) is 2.70. The van der Waals surface area contributed by atoms with Crippen molar-refractivity contribution in [3.8, 4) is 0 Å². The molecule has 0 spiro atoms.